The summed E-state index contributed by atoms with van der Waals surface area (Å²) in [5.41, 5.74) is 0.545. The van der Waals surface area contributed by atoms with E-state index in [1.165, 1.54) is 10.7 Å². The molecule has 0 unspecified atom stereocenters. The molecule has 7 heteroatoms. The van der Waals surface area contributed by atoms with E-state index in [4.69, 9.17) is 0 Å². The van der Waals surface area contributed by atoms with Crippen molar-refractivity contribution in [3.63, 3.8) is 0 Å². The number of aryl methyl sites for hydroxylation is 2. The highest BCUT2D eigenvalue weighted by Gasteiger charge is 2.32. The molecule has 2 aromatic rings. The predicted molar refractivity (Wildman–Crippen MR) is 53.6 cm³/mol. The molecule has 0 amide bonds. The van der Waals surface area contributed by atoms with Crippen LogP contribution in [-0.2, 0) is 6.18 Å². The molecule has 0 spiro atoms. The normalized spacial score (nSPS) is 11.8. The van der Waals surface area contributed by atoms with Crippen LogP contribution in [0, 0.1) is 13.8 Å². The van der Waals surface area contributed by atoms with Crippen molar-refractivity contribution in [2.75, 3.05) is 0 Å². The van der Waals surface area contributed by atoms with Crippen molar-refractivity contribution in [1.82, 2.24) is 20.0 Å². The molecule has 0 aliphatic heterocycles. The van der Waals surface area contributed by atoms with Gasteiger partial charge in [-0.2, -0.15) is 18.3 Å². The number of hydrogen-bond donors (Lipinski definition) is 0. The van der Waals surface area contributed by atoms with Crippen molar-refractivity contribution in [1.29, 1.82) is 0 Å². The van der Waals surface area contributed by atoms with Crippen LogP contribution in [0.4, 0.5) is 13.2 Å². The van der Waals surface area contributed by atoms with E-state index >= 15 is 0 Å². The Labute approximate surface area is 95.1 Å². The molecule has 0 fully saturated rings. The molecule has 17 heavy (non-hydrogen) atoms. The fourth-order valence-electron chi connectivity index (χ4n) is 1.45. The fourth-order valence-corrected chi connectivity index (χ4v) is 1.45. The van der Waals surface area contributed by atoms with E-state index in [1.54, 1.807) is 19.9 Å². The zero-order valence-corrected chi connectivity index (χ0v) is 9.15. The Morgan fingerprint density at radius 3 is 2.24 bits per heavy atom. The lowest BCUT2D eigenvalue weighted by Gasteiger charge is -2.06. The first-order valence-corrected chi connectivity index (χ1v) is 4.82. The average molecular weight is 242 g/mol. The molecule has 0 atom stereocenters. The summed E-state index contributed by atoms with van der Waals surface area (Å²) in [6, 6.07) is 3.94. The smallest absolute Gasteiger partial charge is 0.218 e. The highest BCUT2D eigenvalue weighted by atomic mass is 19.4. The predicted octanol–water partition coefficient (Wildman–Crippen LogP) is 2.30. The van der Waals surface area contributed by atoms with E-state index in [0.29, 0.717) is 0 Å². The monoisotopic (exact) mass is 242 g/mol. The standard InChI is InChI=1S/C10H9F3N4/c1-6-5-7(2)17(16-6)9-4-3-8(14-15-9)10(11,12)13/h3-5H,1-2H3. The minimum absolute atomic E-state index is 0.267. The van der Waals surface area contributed by atoms with Crippen LogP contribution in [0.2, 0.25) is 0 Å². The van der Waals surface area contributed by atoms with Gasteiger partial charge < -0.3 is 0 Å². The number of nitrogens with zero attached hydrogens (tertiary/aromatic N) is 4. The Morgan fingerprint density at radius 2 is 1.82 bits per heavy atom. The second-order valence-corrected chi connectivity index (χ2v) is 3.61. The first kappa shape index (κ1) is 11.6. The number of hydrogen-bond acceptors (Lipinski definition) is 3. The Balaban J connectivity index is 2.39. The summed E-state index contributed by atoms with van der Waals surface area (Å²) < 4.78 is 38.3. The van der Waals surface area contributed by atoms with E-state index in [1.807, 2.05) is 0 Å². The largest absolute Gasteiger partial charge is 0.435 e. The summed E-state index contributed by atoms with van der Waals surface area (Å²) in [7, 11) is 0. The topological polar surface area (TPSA) is 43.6 Å². The molecule has 2 rings (SSSR count). The molecule has 0 aliphatic carbocycles. The quantitative estimate of drug-likeness (QED) is 0.770. The molecule has 0 aliphatic rings. The molecule has 0 aromatic carbocycles. The first-order valence-electron chi connectivity index (χ1n) is 4.82. The van der Waals surface area contributed by atoms with E-state index < -0.39 is 11.9 Å². The second-order valence-electron chi connectivity index (χ2n) is 3.61. The molecule has 2 aromatic heterocycles. The summed E-state index contributed by atoms with van der Waals surface area (Å²) in [5.74, 6) is 0.267. The maximum absolute atomic E-state index is 12.3. The van der Waals surface area contributed by atoms with Gasteiger partial charge in [-0.1, -0.05) is 0 Å². The van der Waals surface area contributed by atoms with E-state index in [-0.39, 0.29) is 5.82 Å². The third-order valence-electron chi connectivity index (χ3n) is 2.17. The van der Waals surface area contributed by atoms with Crippen molar-refractivity contribution in [2.45, 2.75) is 20.0 Å². The molecular weight excluding hydrogens is 233 g/mol. The van der Waals surface area contributed by atoms with Gasteiger partial charge in [0.1, 0.15) is 0 Å². The summed E-state index contributed by atoms with van der Waals surface area (Å²) in [6.45, 7) is 3.58. The van der Waals surface area contributed by atoms with Crippen molar-refractivity contribution in [3.8, 4) is 5.82 Å². The SMILES string of the molecule is Cc1cc(C)n(-c2ccc(C(F)(F)F)nn2)n1. The highest BCUT2D eigenvalue weighted by molar-refractivity contribution is 5.25. The lowest BCUT2D eigenvalue weighted by atomic mass is 10.3. The zero-order valence-electron chi connectivity index (χ0n) is 9.15. The molecule has 0 bridgehead atoms. The minimum Gasteiger partial charge on any atom is -0.218 e. The van der Waals surface area contributed by atoms with Gasteiger partial charge in [-0.15, -0.1) is 10.2 Å². The van der Waals surface area contributed by atoms with E-state index in [2.05, 4.69) is 15.3 Å². The van der Waals surface area contributed by atoms with Gasteiger partial charge in [-0.3, -0.25) is 0 Å². The van der Waals surface area contributed by atoms with Gasteiger partial charge in [-0.25, -0.2) is 4.68 Å². The van der Waals surface area contributed by atoms with Crippen LogP contribution in [0.3, 0.4) is 0 Å². The molecule has 90 valence electrons. The van der Waals surface area contributed by atoms with Gasteiger partial charge in [0.2, 0.25) is 0 Å². The first-order chi connectivity index (χ1) is 7.88. The Bertz CT molecular complexity index is 527. The van der Waals surface area contributed by atoms with Gasteiger partial charge in [0, 0.05) is 5.69 Å². The van der Waals surface area contributed by atoms with Gasteiger partial charge >= 0.3 is 6.18 Å². The Kier molecular flexibility index (Phi) is 2.60. The third-order valence-corrected chi connectivity index (χ3v) is 2.17. The fraction of sp³-hybridized carbons (Fsp3) is 0.300. The van der Waals surface area contributed by atoms with Crippen LogP contribution in [-0.4, -0.2) is 20.0 Å². The number of alkyl halides is 3. The molecular formula is C10H9F3N4. The van der Waals surface area contributed by atoms with Gasteiger partial charge in [0.25, 0.3) is 0 Å². The van der Waals surface area contributed by atoms with Crippen LogP contribution in [0.1, 0.15) is 17.1 Å². The van der Waals surface area contributed by atoms with Gasteiger partial charge in [-0.05, 0) is 32.0 Å². The van der Waals surface area contributed by atoms with Gasteiger partial charge in [0.15, 0.2) is 11.5 Å². The molecule has 0 saturated carbocycles. The Hall–Kier alpha value is -1.92. The average Bonchev–Trinajstić information content (AvgIpc) is 2.57. The maximum atomic E-state index is 12.3. The molecule has 0 saturated heterocycles. The Morgan fingerprint density at radius 1 is 1.12 bits per heavy atom. The maximum Gasteiger partial charge on any atom is 0.435 e. The van der Waals surface area contributed by atoms with Crippen molar-refractivity contribution >= 4 is 0 Å². The molecule has 0 N–H and O–H groups in total. The van der Waals surface area contributed by atoms with Crippen molar-refractivity contribution in [3.05, 3.63) is 35.3 Å². The second kappa shape index (κ2) is 3.83. The number of halogens is 3. The van der Waals surface area contributed by atoms with Crippen molar-refractivity contribution < 1.29 is 13.2 Å². The zero-order chi connectivity index (χ0) is 12.6. The summed E-state index contributed by atoms with van der Waals surface area (Å²) in [4.78, 5) is 0. The van der Waals surface area contributed by atoms with Crippen LogP contribution < -0.4 is 0 Å². The van der Waals surface area contributed by atoms with Gasteiger partial charge in [0.05, 0.1) is 5.69 Å². The van der Waals surface area contributed by atoms with E-state index in [0.717, 1.165) is 17.5 Å². The summed E-state index contributed by atoms with van der Waals surface area (Å²) in [6.07, 6.45) is -4.47. The third kappa shape index (κ3) is 2.27. The van der Waals surface area contributed by atoms with Crippen LogP contribution in [0.5, 0.6) is 0 Å². The lowest BCUT2D eigenvalue weighted by molar-refractivity contribution is -0.141. The van der Waals surface area contributed by atoms with E-state index in [9.17, 15) is 13.2 Å². The lowest BCUT2D eigenvalue weighted by Crippen LogP contribution is -2.11. The summed E-state index contributed by atoms with van der Waals surface area (Å²) in [5, 5.41) is 10.8. The van der Waals surface area contributed by atoms with Crippen LogP contribution in [0.25, 0.3) is 5.82 Å². The minimum atomic E-state index is -4.47. The van der Waals surface area contributed by atoms with Crippen LogP contribution in [0.15, 0.2) is 18.2 Å². The van der Waals surface area contributed by atoms with Crippen LogP contribution >= 0.6 is 0 Å². The number of aromatic nitrogens is 4. The number of rotatable bonds is 1. The molecule has 4 nitrogen and oxygen atoms in total. The highest BCUT2D eigenvalue weighted by Crippen LogP contribution is 2.26. The molecule has 0 radical (unpaired) electrons. The molecule has 2 heterocycles. The summed E-state index contributed by atoms with van der Waals surface area (Å²) >= 11 is 0. The van der Waals surface area contributed by atoms with Crippen molar-refractivity contribution in [2.24, 2.45) is 0 Å².